The van der Waals surface area contributed by atoms with E-state index >= 15 is 0 Å². The molecule has 0 saturated heterocycles. The fourth-order valence-corrected chi connectivity index (χ4v) is 1.74. The predicted octanol–water partition coefficient (Wildman–Crippen LogP) is 2.78. The minimum atomic E-state index is -0.338. The number of nitrogens with one attached hydrogen (secondary N) is 1. The Hall–Kier alpha value is -3.08. The molecule has 0 radical (unpaired) electrons. The first-order chi connectivity index (χ1) is 11.3. The standard InChI is InChI=1S/C18H18N2O3/c1-2-12-22-17-11-7-6-8-15(17)13-19-20-18(21)14-23-16-9-4-3-5-10-16/h2-11,13H,1,12,14H2,(H,20,21). The van der Waals surface area contributed by atoms with Gasteiger partial charge in [-0.15, -0.1) is 0 Å². The van der Waals surface area contributed by atoms with Gasteiger partial charge in [-0.2, -0.15) is 5.10 Å². The number of hydrogen-bond donors (Lipinski definition) is 1. The number of benzene rings is 2. The van der Waals surface area contributed by atoms with E-state index in [2.05, 4.69) is 17.1 Å². The van der Waals surface area contributed by atoms with Gasteiger partial charge in [0.15, 0.2) is 6.61 Å². The molecule has 1 N–H and O–H groups in total. The highest BCUT2D eigenvalue weighted by atomic mass is 16.5. The second-order valence-electron chi connectivity index (χ2n) is 4.53. The minimum absolute atomic E-state index is 0.101. The number of hydrogen-bond acceptors (Lipinski definition) is 4. The molecule has 2 aromatic carbocycles. The first-order valence-electron chi connectivity index (χ1n) is 7.12. The molecule has 0 saturated carbocycles. The van der Waals surface area contributed by atoms with Gasteiger partial charge in [0.25, 0.3) is 5.91 Å². The molecule has 0 atom stereocenters. The summed E-state index contributed by atoms with van der Waals surface area (Å²) >= 11 is 0. The Bertz CT molecular complexity index is 669. The molecule has 5 nitrogen and oxygen atoms in total. The van der Waals surface area contributed by atoms with Crippen LogP contribution in [0.25, 0.3) is 0 Å². The van der Waals surface area contributed by atoms with E-state index in [1.807, 2.05) is 42.5 Å². The molecule has 0 unspecified atom stereocenters. The van der Waals surface area contributed by atoms with E-state index in [9.17, 15) is 4.79 Å². The van der Waals surface area contributed by atoms with Crippen LogP contribution in [0.15, 0.2) is 72.4 Å². The van der Waals surface area contributed by atoms with Crippen molar-refractivity contribution in [2.75, 3.05) is 13.2 Å². The van der Waals surface area contributed by atoms with Gasteiger partial charge in [-0.1, -0.05) is 43.0 Å². The van der Waals surface area contributed by atoms with Crippen LogP contribution in [0.5, 0.6) is 11.5 Å². The van der Waals surface area contributed by atoms with Crippen molar-refractivity contribution in [2.45, 2.75) is 0 Å². The van der Waals surface area contributed by atoms with Crippen molar-refractivity contribution in [1.29, 1.82) is 0 Å². The zero-order chi connectivity index (χ0) is 16.3. The van der Waals surface area contributed by atoms with Crippen LogP contribution < -0.4 is 14.9 Å². The van der Waals surface area contributed by atoms with Crippen molar-refractivity contribution >= 4 is 12.1 Å². The molecule has 0 spiro atoms. The molecule has 23 heavy (non-hydrogen) atoms. The molecular weight excluding hydrogens is 292 g/mol. The van der Waals surface area contributed by atoms with Crippen LogP contribution in [0, 0.1) is 0 Å². The topological polar surface area (TPSA) is 59.9 Å². The second kappa shape index (κ2) is 9.04. The number of carbonyl (C=O) groups is 1. The Morgan fingerprint density at radius 3 is 2.61 bits per heavy atom. The summed E-state index contributed by atoms with van der Waals surface area (Å²) in [5.41, 5.74) is 3.18. The third kappa shape index (κ3) is 5.67. The molecule has 0 aromatic heterocycles. The quantitative estimate of drug-likeness (QED) is 0.463. The summed E-state index contributed by atoms with van der Waals surface area (Å²) in [6.07, 6.45) is 3.19. The van der Waals surface area contributed by atoms with Gasteiger partial charge in [-0.3, -0.25) is 4.79 Å². The van der Waals surface area contributed by atoms with E-state index in [1.54, 1.807) is 18.2 Å². The maximum absolute atomic E-state index is 11.7. The summed E-state index contributed by atoms with van der Waals surface area (Å²) < 4.78 is 10.8. The predicted molar refractivity (Wildman–Crippen MR) is 89.8 cm³/mol. The maximum Gasteiger partial charge on any atom is 0.277 e. The van der Waals surface area contributed by atoms with Crippen LogP contribution in [-0.2, 0) is 4.79 Å². The van der Waals surface area contributed by atoms with E-state index in [-0.39, 0.29) is 12.5 Å². The van der Waals surface area contributed by atoms with Crippen LogP contribution in [0.2, 0.25) is 0 Å². The van der Waals surface area contributed by atoms with Crippen LogP contribution in [0.1, 0.15) is 5.56 Å². The van der Waals surface area contributed by atoms with Gasteiger partial charge in [-0.05, 0) is 24.3 Å². The smallest absolute Gasteiger partial charge is 0.277 e. The van der Waals surface area contributed by atoms with Crippen LogP contribution in [0.3, 0.4) is 0 Å². The molecule has 0 fully saturated rings. The Balaban J connectivity index is 1.84. The minimum Gasteiger partial charge on any atom is -0.489 e. The molecule has 0 bridgehead atoms. The zero-order valence-electron chi connectivity index (χ0n) is 12.6. The summed E-state index contributed by atoms with van der Waals surface area (Å²) in [6, 6.07) is 16.5. The number of amides is 1. The van der Waals surface area contributed by atoms with Gasteiger partial charge in [0.1, 0.15) is 18.1 Å². The van der Waals surface area contributed by atoms with Gasteiger partial charge in [0.05, 0.1) is 6.21 Å². The number of para-hydroxylation sites is 2. The molecule has 2 rings (SSSR count). The molecule has 118 valence electrons. The zero-order valence-corrected chi connectivity index (χ0v) is 12.6. The Labute approximate surface area is 135 Å². The number of nitrogens with zero attached hydrogens (tertiary/aromatic N) is 1. The van der Waals surface area contributed by atoms with E-state index in [1.165, 1.54) is 6.21 Å². The van der Waals surface area contributed by atoms with Gasteiger partial charge in [0, 0.05) is 5.56 Å². The third-order valence-corrected chi connectivity index (χ3v) is 2.78. The lowest BCUT2D eigenvalue weighted by atomic mass is 10.2. The third-order valence-electron chi connectivity index (χ3n) is 2.78. The lowest BCUT2D eigenvalue weighted by Crippen LogP contribution is -2.24. The first kappa shape index (κ1) is 16.3. The number of hydrazone groups is 1. The largest absolute Gasteiger partial charge is 0.489 e. The van der Waals surface area contributed by atoms with Gasteiger partial charge in [-0.25, -0.2) is 5.43 Å². The Kier molecular flexibility index (Phi) is 6.41. The van der Waals surface area contributed by atoms with E-state index < -0.39 is 0 Å². The van der Waals surface area contributed by atoms with Crippen molar-refractivity contribution in [1.82, 2.24) is 5.43 Å². The van der Waals surface area contributed by atoms with Gasteiger partial charge in [0.2, 0.25) is 0 Å². The summed E-state index contributed by atoms with van der Waals surface area (Å²) in [6.45, 7) is 3.91. The highest BCUT2D eigenvalue weighted by Crippen LogP contribution is 2.15. The maximum atomic E-state index is 11.7. The number of carbonyl (C=O) groups excluding carboxylic acids is 1. The van der Waals surface area contributed by atoms with E-state index in [0.717, 1.165) is 5.56 Å². The molecule has 0 aliphatic rings. The molecular formula is C18H18N2O3. The van der Waals surface area contributed by atoms with Crippen LogP contribution >= 0.6 is 0 Å². The summed E-state index contributed by atoms with van der Waals surface area (Å²) in [5.74, 6) is 0.968. The number of ether oxygens (including phenoxy) is 2. The fourth-order valence-electron chi connectivity index (χ4n) is 1.74. The average molecular weight is 310 g/mol. The van der Waals surface area contributed by atoms with Crippen molar-refractivity contribution in [3.8, 4) is 11.5 Å². The molecule has 5 heteroatoms. The molecule has 0 aliphatic heterocycles. The molecule has 2 aromatic rings. The van der Waals surface area contributed by atoms with E-state index in [0.29, 0.717) is 18.1 Å². The molecule has 0 aliphatic carbocycles. The molecule has 1 amide bonds. The monoisotopic (exact) mass is 310 g/mol. The average Bonchev–Trinajstić information content (AvgIpc) is 2.60. The van der Waals surface area contributed by atoms with Gasteiger partial charge >= 0.3 is 0 Å². The van der Waals surface area contributed by atoms with Crippen molar-refractivity contribution < 1.29 is 14.3 Å². The first-order valence-corrected chi connectivity index (χ1v) is 7.12. The van der Waals surface area contributed by atoms with E-state index in [4.69, 9.17) is 9.47 Å². The molecule has 0 heterocycles. The lowest BCUT2D eigenvalue weighted by Gasteiger charge is -2.06. The highest BCUT2D eigenvalue weighted by molar-refractivity contribution is 5.85. The SMILES string of the molecule is C=CCOc1ccccc1C=NNC(=O)COc1ccccc1. The van der Waals surface area contributed by atoms with Crippen LogP contribution in [-0.4, -0.2) is 25.3 Å². The van der Waals surface area contributed by atoms with Gasteiger partial charge < -0.3 is 9.47 Å². The Morgan fingerprint density at radius 2 is 1.83 bits per heavy atom. The fraction of sp³-hybridized carbons (Fsp3) is 0.111. The van der Waals surface area contributed by atoms with Crippen LogP contribution in [0.4, 0.5) is 0 Å². The van der Waals surface area contributed by atoms with Crippen molar-refractivity contribution in [2.24, 2.45) is 5.10 Å². The summed E-state index contributed by atoms with van der Waals surface area (Å²) in [5, 5.41) is 3.91. The number of rotatable bonds is 8. The summed E-state index contributed by atoms with van der Waals surface area (Å²) in [4.78, 5) is 11.7. The lowest BCUT2D eigenvalue weighted by molar-refractivity contribution is -0.123. The van der Waals surface area contributed by atoms with Crippen molar-refractivity contribution in [3.63, 3.8) is 0 Å². The van der Waals surface area contributed by atoms with Crippen molar-refractivity contribution in [3.05, 3.63) is 72.8 Å². The second-order valence-corrected chi connectivity index (χ2v) is 4.53. The normalized spacial score (nSPS) is 10.3. The summed E-state index contributed by atoms with van der Waals surface area (Å²) in [7, 11) is 0. The highest BCUT2D eigenvalue weighted by Gasteiger charge is 2.02. The Morgan fingerprint density at radius 1 is 1.09 bits per heavy atom.